The van der Waals surface area contributed by atoms with Gasteiger partial charge in [0.25, 0.3) is 0 Å². The van der Waals surface area contributed by atoms with E-state index in [9.17, 15) is 4.39 Å². The molecule has 0 heterocycles. The maximum Gasteiger partial charge on any atom is 0.131 e. The quantitative estimate of drug-likeness (QED) is 0.573. The summed E-state index contributed by atoms with van der Waals surface area (Å²) in [4.78, 5) is 0. The van der Waals surface area contributed by atoms with Crippen LogP contribution in [-0.2, 0) is 6.61 Å². The van der Waals surface area contributed by atoms with Gasteiger partial charge in [-0.25, -0.2) is 4.39 Å². The Kier molecular flexibility index (Phi) is 5.50. The van der Waals surface area contributed by atoms with Crippen molar-refractivity contribution in [1.82, 2.24) is 0 Å². The smallest absolute Gasteiger partial charge is 0.131 e. The van der Waals surface area contributed by atoms with E-state index in [0.29, 0.717) is 22.2 Å². The molecule has 0 aliphatic rings. The molecule has 0 atom stereocenters. The van der Waals surface area contributed by atoms with Crippen molar-refractivity contribution in [3.8, 4) is 17.6 Å². The second kappa shape index (κ2) is 7.36. The lowest BCUT2D eigenvalue weighted by molar-refractivity contribution is 0.300. The summed E-state index contributed by atoms with van der Waals surface area (Å²) in [5, 5.41) is 0.358. The van der Waals surface area contributed by atoms with Crippen LogP contribution in [0.1, 0.15) is 16.7 Å². The van der Waals surface area contributed by atoms with E-state index in [2.05, 4.69) is 11.8 Å². The molecule has 0 radical (unpaired) electrons. The highest BCUT2D eigenvalue weighted by Gasteiger charge is 2.08. The second-order valence-electron chi connectivity index (χ2n) is 4.40. The van der Waals surface area contributed by atoms with Gasteiger partial charge in [0.1, 0.15) is 18.2 Å². The number of hydrogen-bond donors (Lipinski definition) is 0. The summed E-state index contributed by atoms with van der Waals surface area (Å²) in [6.07, 6.45) is 0. The number of rotatable bonds is 3. The Hall–Kier alpha value is -1.69. The fourth-order valence-corrected chi connectivity index (χ4v) is 2.10. The third-order valence-electron chi connectivity index (χ3n) is 2.93. The average molecular weight is 323 g/mol. The van der Waals surface area contributed by atoms with Crippen LogP contribution in [0.3, 0.4) is 0 Å². The van der Waals surface area contributed by atoms with Crippen molar-refractivity contribution in [2.24, 2.45) is 0 Å². The molecule has 0 aromatic heterocycles. The molecule has 2 aromatic carbocycles. The molecule has 0 fully saturated rings. The van der Waals surface area contributed by atoms with Gasteiger partial charge in [-0.1, -0.05) is 29.5 Å². The van der Waals surface area contributed by atoms with E-state index in [1.54, 1.807) is 18.2 Å². The van der Waals surface area contributed by atoms with Gasteiger partial charge in [-0.15, -0.1) is 11.6 Å². The molecule has 108 valence electrons. The van der Waals surface area contributed by atoms with Gasteiger partial charge in [-0.3, -0.25) is 0 Å². The summed E-state index contributed by atoms with van der Waals surface area (Å²) in [5.74, 6) is 6.33. The molecule has 2 aromatic rings. The van der Waals surface area contributed by atoms with Crippen LogP contribution in [0.25, 0.3) is 0 Å². The summed E-state index contributed by atoms with van der Waals surface area (Å²) in [5.41, 5.74) is 2.22. The summed E-state index contributed by atoms with van der Waals surface area (Å²) < 4.78 is 19.2. The topological polar surface area (TPSA) is 9.23 Å². The summed E-state index contributed by atoms with van der Waals surface area (Å²) >= 11 is 11.5. The lowest BCUT2D eigenvalue weighted by atomic mass is 10.1. The molecule has 0 aliphatic heterocycles. The Morgan fingerprint density at radius 3 is 2.71 bits per heavy atom. The molecule has 0 unspecified atom stereocenters. The first-order valence-corrected chi connectivity index (χ1v) is 7.24. The number of halogens is 3. The Morgan fingerprint density at radius 2 is 2.05 bits per heavy atom. The monoisotopic (exact) mass is 322 g/mol. The van der Waals surface area contributed by atoms with Crippen molar-refractivity contribution in [2.75, 3.05) is 5.88 Å². The Morgan fingerprint density at radius 1 is 1.24 bits per heavy atom. The van der Waals surface area contributed by atoms with Crippen LogP contribution in [0.5, 0.6) is 5.75 Å². The lowest BCUT2D eigenvalue weighted by Crippen LogP contribution is -2.00. The third-order valence-corrected chi connectivity index (χ3v) is 3.42. The molecule has 0 N–H and O–H groups in total. The normalized spacial score (nSPS) is 9.90. The standard InChI is InChI=1S/C17H13Cl2FO/c1-12-10-14(8-7-13(12)4-3-9-18)21-11-15-16(19)5-2-6-17(15)20/h2,5-8,10H,9,11H2,1H3. The maximum atomic E-state index is 13.6. The second-order valence-corrected chi connectivity index (χ2v) is 5.08. The Labute approximate surface area is 133 Å². The fraction of sp³-hybridized carbons (Fsp3) is 0.176. The van der Waals surface area contributed by atoms with E-state index in [1.165, 1.54) is 6.07 Å². The zero-order valence-electron chi connectivity index (χ0n) is 11.4. The first-order chi connectivity index (χ1) is 10.1. The van der Waals surface area contributed by atoms with E-state index >= 15 is 0 Å². The van der Waals surface area contributed by atoms with Crippen LogP contribution in [0.2, 0.25) is 5.02 Å². The van der Waals surface area contributed by atoms with Gasteiger partial charge in [0.15, 0.2) is 0 Å². The van der Waals surface area contributed by atoms with Gasteiger partial charge < -0.3 is 4.74 Å². The van der Waals surface area contributed by atoms with Crippen molar-refractivity contribution in [3.63, 3.8) is 0 Å². The summed E-state index contributed by atoms with van der Waals surface area (Å²) in [6.45, 7) is 2.01. The molecular weight excluding hydrogens is 310 g/mol. The van der Waals surface area contributed by atoms with Gasteiger partial charge >= 0.3 is 0 Å². The van der Waals surface area contributed by atoms with E-state index in [-0.39, 0.29) is 12.4 Å². The SMILES string of the molecule is Cc1cc(OCc2c(F)cccc2Cl)ccc1C#CCCl. The molecule has 0 saturated carbocycles. The van der Waals surface area contributed by atoms with Crippen LogP contribution in [0.4, 0.5) is 4.39 Å². The molecule has 0 aliphatic carbocycles. The van der Waals surface area contributed by atoms with Crippen LogP contribution in [-0.4, -0.2) is 5.88 Å². The van der Waals surface area contributed by atoms with Crippen molar-refractivity contribution in [3.05, 3.63) is 63.9 Å². The van der Waals surface area contributed by atoms with Crippen molar-refractivity contribution >= 4 is 23.2 Å². The predicted molar refractivity (Wildman–Crippen MR) is 84.5 cm³/mol. The summed E-state index contributed by atoms with van der Waals surface area (Å²) in [6, 6.07) is 10.1. The highest BCUT2D eigenvalue weighted by molar-refractivity contribution is 6.31. The van der Waals surface area contributed by atoms with Crippen LogP contribution in [0.15, 0.2) is 36.4 Å². The maximum absolute atomic E-state index is 13.6. The number of alkyl halides is 1. The number of benzene rings is 2. The minimum absolute atomic E-state index is 0.0810. The van der Waals surface area contributed by atoms with Crippen LogP contribution >= 0.6 is 23.2 Å². The molecule has 21 heavy (non-hydrogen) atoms. The fourth-order valence-electron chi connectivity index (χ4n) is 1.82. The molecule has 0 amide bonds. The Bertz CT molecular complexity index is 681. The number of hydrogen-bond acceptors (Lipinski definition) is 1. The van der Waals surface area contributed by atoms with Gasteiger partial charge in [-0.05, 0) is 42.8 Å². The Balaban J connectivity index is 2.12. The lowest BCUT2D eigenvalue weighted by Gasteiger charge is -2.10. The molecule has 2 rings (SSSR count). The van der Waals surface area contributed by atoms with Crippen molar-refractivity contribution < 1.29 is 9.13 Å². The predicted octanol–water partition coefficient (Wildman–Crippen LogP) is 4.96. The molecule has 0 spiro atoms. The minimum Gasteiger partial charge on any atom is -0.489 e. The number of ether oxygens (including phenoxy) is 1. The third kappa shape index (κ3) is 4.14. The molecule has 0 bridgehead atoms. The zero-order valence-corrected chi connectivity index (χ0v) is 12.9. The van der Waals surface area contributed by atoms with Gasteiger partial charge in [-0.2, -0.15) is 0 Å². The van der Waals surface area contributed by atoms with E-state index < -0.39 is 0 Å². The first kappa shape index (κ1) is 15.7. The molecule has 4 heteroatoms. The highest BCUT2D eigenvalue weighted by atomic mass is 35.5. The molecule has 1 nitrogen and oxygen atoms in total. The van der Waals surface area contributed by atoms with Gasteiger partial charge in [0, 0.05) is 11.1 Å². The molecular formula is C17H13Cl2FO. The van der Waals surface area contributed by atoms with Crippen LogP contribution in [0, 0.1) is 24.6 Å². The van der Waals surface area contributed by atoms with Gasteiger partial charge in [0.05, 0.1) is 10.9 Å². The first-order valence-electron chi connectivity index (χ1n) is 6.33. The highest BCUT2D eigenvalue weighted by Crippen LogP contribution is 2.22. The largest absolute Gasteiger partial charge is 0.489 e. The van der Waals surface area contributed by atoms with Crippen molar-refractivity contribution in [1.29, 1.82) is 0 Å². The van der Waals surface area contributed by atoms with E-state index in [1.807, 2.05) is 19.1 Å². The minimum atomic E-state index is -0.371. The van der Waals surface area contributed by atoms with Gasteiger partial charge in [0.2, 0.25) is 0 Å². The van der Waals surface area contributed by atoms with E-state index in [4.69, 9.17) is 27.9 Å². The van der Waals surface area contributed by atoms with Crippen molar-refractivity contribution in [2.45, 2.75) is 13.5 Å². The molecule has 0 saturated heterocycles. The summed E-state index contributed by atoms with van der Waals surface area (Å²) in [7, 11) is 0. The van der Waals surface area contributed by atoms with E-state index in [0.717, 1.165) is 11.1 Å². The zero-order chi connectivity index (χ0) is 15.2. The number of aryl methyl sites for hydroxylation is 1. The average Bonchev–Trinajstić information content (AvgIpc) is 2.46. The van der Waals surface area contributed by atoms with Crippen LogP contribution < -0.4 is 4.74 Å².